The minimum Gasteiger partial charge on any atom is -0.454 e. The fraction of sp³-hybridized carbons (Fsp3) is 0.0870. The number of benzene rings is 7. The minimum absolute atomic E-state index is 0.250. The van der Waals surface area contributed by atoms with Gasteiger partial charge in [0.05, 0.1) is 28.4 Å². The zero-order valence-electron chi connectivity index (χ0n) is 28.1. The fourth-order valence-corrected chi connectivity index (χ4v) is 8.12. The van der Waals surface area contributed by atoms with Gasteiger partial charge in [0.2, 0.25) is 0 Å². The molecule has 0 aliphatic carbocycles. The van der Waals surface area contributed by atoms with Gasteiger partial charge in [0.25, 0.3) is 0 Å². The highest BCUT2D eigenvalue weighted by molar-refractivity contribution is 6.11. The molecule has 2 aliphatic rings. The third kappa shape index (κ3) is 4.05. The molecule has 0 spiro atoms. The highest BCUT2D eigenvalue weighted by atomic mass is 16.5. The molecule has 50 heavy (non-hydrogen) atoms. The van der Waals surface area contributed by atoms with Gasteiger partial charge >= 0.3 is 0 Å². The number of anilines is 6. The van der Waals surface area contributed by atoms with Gasteiger partial charge in [-0.2, -0.15) is 0 Å². The Morgan fingerprint density at radius 1 is 0.560 bits per heavy atom. The van der Waals surface area contributed by atoms with Crippen LogP contribution in [0.25, 0.3) is 33.1 Å². The first-order chi connectivity index (χ1) is 24.5. The highest BCUT2D eigenvalue weighted by Crippen LogP contribution is 2.63. The number of furan rings is 1. The van der Waals surface area contributed by atoms with Gasteiger partial charge in [-0.1, -0.05) is 123 Å². The van der Waals surface area contributed by atoms with Crippen molar-refractivity contribution in [2.75, 3.05) is 9.80 Å². The SMILES string of the molecule is Cc1cccc2c1N1c3ccccc3C(C)(C)c3ccc(N(c4ccc(-c5ccccc5)cc4)c4cccc5c4oc4ccccc45)c(c31)O2. The van der Waals surface area contributed by atoms with Crippen molar-refractivity contribution >= 4 is 56.1 Å². The molecular formula is C46H34N2O2. The van der Waals surface area contributed by atoms with E-state index in [0.29, 0.717) is 0 Å². The summed E-state index contributed by atoms with van der Waals surface area (Å²) >= 11 is 0. The molecule has 4 nitrogen and oxygen atoms in total. The molecule has 1 aromatic heterocycles. The van der Waals surface area contributed by atoms with E-state index < -0.39 is 0 Å². The molecule has 0 bridgehead atoms. The maximum Gasteiger partial charge on any atom is 0.175 e. The summed E-state index contributed by atoms with van der Waals surface area (Å²) in [6.07, 6.45) is 0. The van der Waals surface area contributed by atoms with Crippen LogP contribution in [0.3, 0.4) is 0 Å². The Morgan fingerprint density at radius 3 is 2.14 bits per heavy atom. The van der Waals surface area contributed by atoms with Crippen molar-refractivity contribution in [1.82, 2.24) is 0 Å². The summed E-state index contributed by atoms with van der Waals surface area (Å²) in [6.45, 7) is 6.81. The van der Waals surface area contributed by atoms with Gasteiger partial charge in [-0.05, 0) is 77.2 Å². The normalized spacial score (nSPS) is 13.8. The van der Waals surface area contributed by atoms with E-state index in [4.69, 9.17) is 9.15 Å². The largest absolute Gasteiger partial charge is 0.454 e. The van der Waals surface area contributed by atoms with Crippen molar-refractivity contribution in [2.45, 2.75) is 26.2 Å². The zero-order valence-corrected chi connectivity index (χ0v) is 28.1. The predicted octanol–water partition coefficient (Wildman–Crippen LogP) is 13.2. The maximum absolute atomic E-state index is 7.12. The Bertz CT molecular complexity index is 2620. The molecule has 3 heterocycles. The highest BCUT2D eigenvalue weighted by Gasteiger charge is 2.43. The first kappa shape index (κ1) is 28.7. The van der Waals surface area contributed by atoms with E-state index in [1.54, 1.807) is 0 Å². The van der Waals surface area contributed by atoms with E-state index in [1.807, 2.05) is 12.1 Å². The second kappa shape index (κ2) is 10.6. The number of rotatable bonds is 4. The summed E-state index contributed by atoms with van der Waals surface area (Å²) in [5, 5.41) is 2.18. The fourth-order valence-electron chi connectivity index (χ4n) is 8.12. The molecule has 0 amide bonds. The Labute approximate surface area is 291 Å². The third-order valence-electron chi connectivity index (χ3n) is 10.6. The summed E-state index contributed by atoms with van der Waals surface area (Å²) in [7, 11) is 0. The van der Waals surface area contributed by atoms with Crippen LogP contribution in [0.15, 0.2) is 156 Å². The zero-order chi connectivity index (χ0) is 33.6. The lowest BCUT2D eigenvalue weighted by molar-refractivity contribution is 0.472. The van der Waals surface area contributed by atoms with Gasteiger partial charge in [-0.15, -0.1) is 0 Å². The van der Waals surface area contributed by atoms with Gasteiger partial charge < -0.3 is 19.0 Å². The van der Waals surface area contributed by atoms with Gasteiger partial charge in [-0.25, -0.2) is 0 Å². The molecule has 0 atom stereocenters. The number of para-hydroxylation sites is 4. The molecule has 0 radical (unpaired) electrons. The minimum atomic E-state index is -0.250. The van der Waals surface area contributed by atoms with E-state index in [1.165, 1.54) is 27.9 Å². The van der Waals surface area contributed by atoms with Crippen LogP contribution < -0.4 is 14.5 Å². The summed E-state index contributed by atoms with van der Waals surface area (Å²) in [6, 6.07) is 53.7. The van der Waals surface area contributed by atoms with Crippen LogP contribution in [-0.4, -0.2) is 0 Å². The number of fused-ring (bicyclic) bond motifs is 7. The van der Waals surface area contributed by atoms with E-state index in [2.05, 4.69) is 170 Å². The molecule has 0 fully saturated rings. The number of hydrogen-bond acceptors (Lipinski definition) is 4. The Balaban J connectivity index is 1.27. The van der Waals surface area contributed by atoms with Crippen LogP contribution >= 0.6 is 0 Å². The van der Waals surface area contributed by atoms with Crippen LogP contribution in [0.2, 0.25) is 0 Å². The van der Waals surface area contributed by atoms with Crippen LogP contribution in [0.4, 0.5) is 34.1 Å². The van der Waals surface area contributed by atoms with Gasteiger partial charge in [0.1, 0.15) is 5.58 Å². The number of ether oxygens (including phenoxy) is 1. The van der Waals surface area contributed by atoms with Crippen molar-refractivity contribution in [2.24, 2.45) is 0 Å². The monoisotopic (exact) mass is 646 g/mol. The van der Waals surface area contributed by atoms with Crippen LogP contribution in [-0.2, 0) is 5.41 Å². The first-order valence-corrected chi connectivity index (χ1v) is 17.2. The van der Waals surface area contributed by atoms with Crippen molar-refractivity contribution in [3.05, 3.63) is 168 Å². The summed E-state index contributed by atoms with van der Waals surface area (Å²) in [4.78, 5) is 4.74. The van der Waals surface area contributed by atoms with E-state index in [9.17, 15) is 0 Å². The van der Waals surface area contributed by atoms with Crippen molar-refractivity contribution < 1.29 is 9.15 Å². The molecular weight excluding hydrogens is 613 g/mol. The van der Waals surface area contributed by atoms with Crippen LogP contribution in [0.1, 0.15) is 30.5 Å². The van der Waals surface area contributed by atoms with E-state index in [-0.39, 0.29) is 5.41 Å². The van der Waals surface area contributed by atoms with E-state index >= 15 is 0 Å². The quantitative estimate of drug-likeness (QED) is 0.190. The molecule has 0 unspecified atom stereocenters. The lowest BCUT2D eigenvalue weighted by atomic mass is 9.73. The maximum atomic E-state index is 7.12. The summed E-state index contributed by atoms with van der Waals surface area (Å²) in [5.74, 6) is 1.66. The topological polar surface area (TPSA) is 28.9 Å². The Hall–Kier alpha value is -6.26. The summed E-state index contributed by atoms with van der Waals surface area (Å²) in [5.41, 5.74) is 13.7. The molecule has 240 valence electrons. The van der Waals surface area contributed by atoms with Gasteiger partial charge in [0.15, 0.2) is 17.1 Å². The molecule has 0 N–H and O–H groups in total. The van der Waals surface area contributed by atoms with Crippen LogP contribution in [0, 0.1) is 6.92 Å². The van der Waals surface area contributed by atoms with Crippen molar-refractivity contribution in [1.29, 1.82) is 0 Å². The van der Waals surface area contributed by atoms with E-state index in [0.717, 1.165) is 67.4 Å². The average molecular weight is 647 g/mol. The number of nitrogens with zero attached hydrogens (tertiary/aromatic N) is 2. The molecule has 0 saturated carbocycles. The molecule has 7 aromatic carbocycles. The predicted molar refractivity (Wildman–Crippen MR) is 205 cm³/mol. The first-order valence-electron chi connectivity index (χ1n) is 17.2. The van der Waals surface area contributed by atoms with Gasteiger partial charge in [-0.3, -0.25) is 0 Å². The molecule has 2 aliphatic heterocycles. The van der Waals surface area contributed by atoms with Crippen molar-refractivity contribution in [3.63, 3.8) is 0 Å². The van der Waals surface area contributed by atoms with Crippen molar-refractivity contribution in [3.8, 4) is 22.6 Å². The Kier molecular flexibility index (Phi) is 6.10. The Morgan fingerprint density at radius 2 is 1.28 bits per heavy atom. The standard InChI is InChI=1S/C46H34N2O2/c1-29-13-11-22-41-42(29)48-37-19-9-8-18-35(37)46(2,3)36-27-28-39(45(50-41)43(36)48)47(32-25-23-31(24-26-32)30-14-5-4-6-15-30)38-20-12-17-34-33-16-7-10-21-40(33)49-44(34)38/h4-28H,1-3H3. The number of hydrogen-bond donors (Lipinski definition) is 0. The second-order valence-electron chi connectivity index (χ2n) is 13.8. The lowest BCUT2D eigenvalue weighted by Crippen LogP contribution is -2.33. The molecule has 8 aromatic rings. The third-order valence-corrected chi connectivity index (χ3v) is 10.6. The van der Waals surface area contributed by atoms with Crippen LogP contribution in [0.5, 0.6) is 11.5 Å². The molecule has 4 heteroatoms. The number of aryl methyl sites for hydroxylation is 1. The smallest absolute Gasteiger partial charge is 0.175 e. The van der Waals surface area contributed by atoms with Gasteiger partial charge in [0, 0.05) is 21.9 Å². The second-order valence-corrected chi connectivity index (χ2v) is 13.8. The summed E-state index contributed by atoms with van der Waals surface area (Å²) < 4.78 is 13.8. The lowest BCUT2D eigenvalue weighted by Gasteiger charge is -2.46. The molecule has 10 rings (SSSR count). The molecule has 0 saturated heterocycles. The average Bonchev–Trinajstić information content (AvgIpc) is 3.54.